The van der Waals surface area contributed by atoms with Crippen LogP contribution >= 0.6 is 0 Å². The van der Waals surface area contributed by atoms with E-state index in [1.807, 2.05) is 0 Å². The van der Waals surface area contributed by atoms with Gasteiger partial charge < -0.3 is 9.47 Å². The fourth-order valence-electron chi connectivity index (χ4n) is 1.79. The Balaban J connectivity index is 3.35. The summed E-state index contributed by atoms with van der Waals surface area (Å²) in [6.07, 6.45) is -28.0. The first-order valence-corrected chi connectivity index (χ1v) is 5.65. The van der Waals surface area contributed by atoms with Gasteiger partial charge in [0, 0.05) is 0 Å². The van der Waals surface area contributed by atoms with Crippen LogP contribution in [-0.2, 0) is 9.47 Å². The lowest BCUT2D eigenvalue weighted by Gasteiger charge is -2.42. The third-order valence-electron chi connectivity index (χ3n) is 2.84. The van der Waals surface area contributed by atoms with Crippen molar-refractivity contribution in [1.29, 1.82) is 0 Å². The van der Waals surface area contributed by atoms with Crippen molar-refractivity contribution >= 4 is 0 Å². The van der Waals surface area contributed by atoms with E-state index < -0.39 is 55.0 Å². The second-order valence-corrected chi connectivity index (χ2v) is 4.34. The highest BCUT2D eigenvalue weighted by atomic mass is 19.4. The Bertz CT molecular complexity index is 386. The summed E-state index contributed by atoms with van der Waals surface area (Å²) >= 11 is 0. The average molecular weight is 371 g/mol. The van der Waals surface area contributed by atoms with Crippen LogP contribution in [0.15, 0.2) is 0 Å². The zero-order valence-electron chi connectivity index (χ0n) is 10.7. The highest BCUT2D eigenvalue weighted by Crippen LogP contribution is 2.48. The van der Waals surface area contributed by atoms with E-state index in [0.29, 0.717) is 0 Å². The van der Waals surface area contributed by atoms with Gasteiger partial charge in [-0.25, -0.2) is 8.78 Å². The molecule has 0 saturated carbocycles. The predicted molar refractivity (Wildman–Crippen MR) is 49.3 cm³/mol. The highest BCUT2D eigenvalue weighted by Gasteiger charge is 2.74. The maximum Gasteiger partial charge on any atom is 0.469 e. The Labute approximate surface area is 120 Å². The fraction of sp³-hybridized carbons (Fsp3) is 1.00. The summed E-state index contributed by atoms with van der Waals surface area (Å²) in [5, 5.41) is 0. The summed E-state index contributed by atoms with van der Waals surface area (Å²) in [5.74, 6) is 0. The van der Waals surface area contributed by atoms with Crippen LogP contribution < -0.4 is 0 Å². The number of halogens is 11. The summed E-state index contributed by atoms with van der Waals surface area (Å²) in [4.78, 5) is -3.11. The maximum atomic E-state index is 14.1. The van der Waals surface area contributed by atoms with Gasteiger partial charge in [-0.15, -0.1) is 0 Å². The van der Waals surface area contributed by atoms with Crippen molar-refractivity contribution in [3.63, 3.8) is 0 Å². The molecule has 0 aliphatic carbocycles. The molecule has 1 fully saturated rings. The minimum atomic E-state index is -6.66. The van der Waals surface area contributed by atoms with Crippen molar-refractivity contribution in [3.05, 3.63) is 0 Å². The lowest BCUT2D eigenvalue weighted by Crippen LogP contribution is -2.69. The van der Waals surface area contributed by atoms with Gasteiger partial charge >= 0.3 is 18.8 Å². The van der Waals surface area contributed by atoms with Crippen LogP contribution in [0.2, 0.25) is 0 Å². The van der Waals surface area contributed by atoms with E-state index >= 15 is 0 Å². The van der Waals surface area contributed by atoms with Crippen LogP contribution in [0.4, 0.5) is 48.3 Å². The third-order valence-corrected chi connectivity index (χ3v) is 2.84. The molecule has 0 bridgehead atoms. The third kappa shape index (κ3) is 3.96. The lowest BCUT2D eigenvalue weighted by molar-refractivity contribution is -0.427. The smallest absolute Gasteiger partial charge is 0.376 e. The molecule has 0 aromatic carbocycles. The van der Waals surface area contributed by atoms with Gasteiger partial charge in [-0.2, -0.15) is 39.5 Å². The molecule has 14 heteroatoms. The Kier molecular flexibility index (Phi) is 5.43. The number of rotatable bonds is 3. The molecule has 0 aromatic rings. The van der Waals surface area contributed by atoms with Crippen molar-refractivity contribution in [2.24, 2.45) is 0 Å². The summed E-state index contributed by atoms with van der Waals surface area (Å²) in [6, 6.07) is 0. The molecule has 1 aliphatic heterocycles. The molecule has 1 aliphatic rings. The molecule has 0 amide bonds. The quantitative estimate of drug-likeness (QED) is 0.561. The van der Waals surface area contributed by atoms with Crippen molar-refractivity contribution < 1.29 is 57.8 Å². The molecule has 0 N–H and O–H groups in total. The Morgan fingerprint density at radius 3 is 1.61 bits per heavy atom. The first-order valence-electron chi connectivity index (χ1n) is 5.65. The molecular weight excluding hydrogens is 363 g/mol. The number of hydrogen-bond donors (Lipinski definition) is 0. The normalized spacial score (nSPS) is 25.3. The average Bonchev–Trinajstić information content (AvgIpc) is 2.33. The summed E-state index contributed by atoms with van der Waals surface area (Å²) in [7, 11) is 0. The van der Waals surface area contributed by atoms with Gasteiger partial charge in [0.2, 0.25) is 6.30 Å². The minimum absolute atomic E-state index is 0.385. The van der Waals surface area contributed by atoms with Crippen LogP contribution in [0, 0.1) is 0 Å². The molecule has 23 heavy (non-hydrogen) atoms. The van der Waals surface area contributed by atoms with Crippen LogP contribution in [0.1, 0.15) is 0 Å². The van der Waals surface area contributed by atoms with Gasteiger partial charge in [-0.3, -0.25) is 0 Å². The Morgan fingerprint density at radius 2 is 1.30 bits per heavy atom. The van der Waals surface area contributed by atoms with Crippen molar-refractivity contribution in [2.75, 3.05) is 19.8 Å². The SMILES string of the molecule is FC(N(C(F)(F)F)C(F)(F)F)C(F)(C1COCCO1)C(F)(F)F. The number of hydrogen-bond acceptors (Lipinski definition) is 3. The van der Waals surface area contributed by atoms with E-state index in [-0.39, 0.29) is 6.61 Å². The standard InChI is InChI=1S/C9H8F11NO2/c10-5(21(8(15,16)17)9(18,19)20)6(11,7(12,13)14)4-3-22-1-2-23-4/h4-5H,1-3H2. The maximum absolute atomic E-state index is 14.1. The molecular formula is C9H8F11NO2. The van der Waals surface area contributed by atoms with Crippen LogP contribution in [-0.4, -0.2) is 61.6 Å². The Hall–Kier alpha value is -0.890. The zero-order valence-corrected chi connectivity index (χ0v) is 10.7. The van der Waals surface area contributed by atoms with E-state index in [1.165, 1.54) is 0 Å². The van der Waals surface area contributed by atoms with E-state index in [1.54, 1.807) is 0 Å². The van der Waals surface area contributed by atoms with Crippen LogP contribution in [0.5, 0.6) is 0 Å². The monoisotopic (exact) mass is 371 g/mol. The van der Waals surface area contributed by atoms with Crippen molar-refractivity contribution in [3.8, 4) is 0 Å². The van der Waals surface area contributed by atoms with Crippen molar-refractivity contribution in [1.82, 2.24) is 4.90 Å². The topological polar surface area (TPSA) is 21.7 Å². The van der Waals surface area contributed by atoms with Gasteiger partial charge in [0.05, 0.1) is 19.8 Å². The second-order valence-electron chi connectivity index (χ2n) is 4.34. The molecule has 1 rings (SSSR count). The van der Waals surface area contributed by atoms with Gasteiger partial charge in [0.1, 0.15) is 6.10 Å². The van der Waals surface area contributed by atoms with E-state index in [2.05, 4.69) is 9.47 Å². The van der Waals surface area contributed by atoms with Gasteiger partial charge in [-0.1, -0.05) is 4.90 Å². The van der Waals surface area contributed by atoms with Gasteiger partial charge in [0.25, 0.3) is 5.67 Å². The zero-order chi connectivity index (χ0) is 18.3. The lowest BCUT2D eigenvalue weighted by atomic mass is 9.95. The molecule has 0 spiro atoms. The minimum Gasteiger partial charge on any atom is -0.376 e. The van der Waals surface area contributed by atoms with Crippen LogP contribution in [0.3, 0.4) is 0 Å². The molecule has 3 nitrogen and oxygen atoms in total. The fourth-order valence-corrected chi connectivity index (χ4v) is 1.79. The molecule has 3 unspecified atom stereocenters. The molecule has 0 radical (unpaired) electrons. The molecule has 1 heterocycles. The molecule has 1 saturated heterocycles. The van der Waals surface area contributed by atoms with E-state index in [4.69, 9.17) is 0 Å². The predicted octanol–water partition coefficient (Wildman–Crippen LogP) is 3.31. The number of ether oxygens (including phenoxy) is 2. The highest BCUT2D eigenvalue weighted by molar-refractivity contribution is 5.02. The largest absolute Gasteiger partial charge is 0.469 e. The van der Waals surface area contributed by atoms with Gasteiger partial charge in [-0.05, 0) is 0 Å². The summed E-state index contributed by atoms with van der Waals surface area (Å²) in [5.41, 5.74) is -5.63. The Morgan fingerprint density at radius 1 is 0.826 bits per heavy atom. The van der Waals surface area contributed by atoms with E-state index in [9.17, 15) is 48.3 Å². The number of alkyl halides is 11. The molecule has 0 aromatic heterocycles. The summed E-state index contributed by atoms with van der Waals surface area (Å²) < 4.78 is 148. The summed E-state index contributed by atoms with van der Waals surface area (Å²) in [6.45, 7) is -2.53. The second kappa shape index (κ2) is 6.20. The van der Waals surface area contributed by atoms with Gasteiger partial charge in [0.15, 0.2) is 0 Å². The number of nitrogens with zero attached hydrogens (tertiary/aromatic N) is 1. The molecule has 138 valence electrons. The van der Waals surface area contributed by atoms with Crippen LogP contribution in [0.25, 0.3) is 0 Å². The first-order chi connectivity index (χ1) is 10.1. The molecule has 3 atom stereocenters. The van der Waals surface area contributed by atoms with E-state index in [0.717, 1.165) is 0 Å². The first kappa shape index (κ1) is 20.2. The van der Waals surface area contributed by atoms with Crippen molar-refractivity contribution in [2.45, 2.75) is 36.8 Å².